The van der Waals surface area contributed by atoms with Gasteiger partial charge in [0.05, 0.1) is 16.6 Å². The number of aliphatic hydroxyl groups is 1. The van der Waals surface area contributed by atoms with Crippen LogP contribution >= 0.6 is 12.0 Å². The number of alkyl halides is 2. The van der Waals surface area contributed by atoms with Gasteiger partial charge in [-0.1, -0.05) is 5.04 Å². The van der Waals surface area contributed by atoms with Crippen LogP contribution in [0.4, 0.5) is 8.78 Å². The number of rotatable bonds is 10. The Morgan fingerprint density at radius 2 is 1.49 bits per heavy atom. The standard InChI is InChI=1S/C25H34F2O9S/c26-25(27,37-36-35-31)14-32-20(29)21-3-15-1-16(4-21)8-23(7-15,12-21)33-11-19(28)34-24-9-17-2-18(10-24)6-22(30,5-17)13-24/h15-18,30-31H,1-14H2. The van der Waals surface area contributed by atoms with Crippen molar-refractivity contribution in [3.63, 3.8) is 0 Å². The van der Waals surface area contributed by atoms with E-state index in [0.717, 1.165) is 38.5 Å². The molecular weight excluding hydrogens is 514 g/mol. The number of carbonyl (C=O) groups excluding carboxylic acids is 2. The average molecular weight is 549 g/mol. The molecule has 9 nitrogen and oxygen atoms in total. The van der Waals surface area contributed by atoms with Crippen LogP contribution in [0.5, 0.6) is 0 Å². The van der Waals surface area contributed by atoms with Crippen molar-refractivity contribution < 1.29 is 52.3 Å². The van der Waals surface area contributed by atoms with Gasteiger partial charge in [0.15, 0.2) is 6.61 Å². The molecule has 0 radical (unpaired) electrons. The zero-order chi connectivity index (χ0) is 26.1. The molecule has 4 unspecified atom stereocenters. The van der Waals surface area contributed by atoms with Gasteiger partial charge in [0.25, 0.3) is 0 Å². The molecule has 0 amide bonds. The third-order valence-corrected chi connectivity index (χ3v) is 10.3. The molecule has 0 spiro atoms. The zero-order valence-corrected chi connectivity index (χ0v) is 21.4. The topological polar surface area (TPSA) is 121 Å². The monoisotopic (exact) mass is 548 g/mol. The Morgan fingerprint density at radius 1 is 0.892 bits per heavy atom. The number of hydrogen-bond donors (Lipinski definition) is 2. The molecule has 0 saturated heterocycles. The molecule has 8 aliphatic carbocycles. The Bertz CT molecular complexity index is 917. The summed E-state index contributed by atoms with van der Waals surface area (Å²) in [7, 11) is 0. The van der Waals surface area contributed by atoms with E-state index in [2.05, 4.69) is 9.37 Å². The molecule has 208 valence electrons. The lowest BCUT2D eigenvalue weighted by atomic mass is 9.48. The van der Waals surface area contributed by atoms with Crippen molar-refractivity contribution >= 4 is 24.0 Å². The van der Waals surface area contributed by atoms with Crippen molar-refractivity contribution in [1.29, 1.82) is 0 Å². The van der Waals surface area contributed by atoms with E-state index in [-0.39, 0.29) is 18.4 Å². The lowest BCUT2D eigenvalue weighted by molar-refractivity contribution is -0.433. The normalized spacial score (nSPS) is 45.3. The summed E-state index contributed by atoms with van der Waals surface area (Å²) in [4.78, 5) is 26.1. The van der Waals surface area contributed by atoms with Crippen LogP contribution in [0.15, 0.2) is 0 Å². The van der Waals surface area contributed by atoms with Crippen molar-refractivity contribution in [2.45, 2.75) is 99.1 Å². The highest BCUT2D eigenvalue weighted by Crippen LogP contribution is 2.63. The van der Waals surface area contributed by atoms with E-state index in [9.17, 15) is 23.5 Å². The molecule has 0 aromatic rings. The first-order valence-corrected chi connectivity index (χ1v) is 14.0. The molecule has 8 bridgehead atoms. The molecule has 0 aliphatic heterocycles. The first-order chi connectivity index (χ1) is 17.4. The van der Waals surface area contributed by atoms with E-state index in [0.29, 0.717) is 50.4 Å². The molecule has 8 saturated carbocycles. The first-order valence-electron chi connectivity index (χ1n) is 13.2. The van der Waals surface area contributed by atoms with Crippen LogP contribution < -0.4 is 0 Å². The van der Waals surface area contributed by atoms with Crippen LogP contribution in [0.1, 0.15) is 77.0 Å². The molecule has 37 heavy (non-hydrogen) atoms. The van der Waals surface area contributed by atoms with Crippen LogP contribution in [0.3, 0.4) is 0 Å². The Hall–Kier alpha value is -1.05. The molecule has 0 aromatic carbocycles. The molecule has 0 aromatic heterocycles. The molecule has 2 N–H and O–H groups in total. The second kappa shape index (κ2) is 8.99. The highest BCUT2D eigenvalue weighted by molar-refractivity contribution is 7.95. The van der Waals surface area contributed by atoms with Gasteiger partial charge < -0.3 is 19.3 Å². The molecule has 8 rings (SSSR count). The third-order valence-electron chi connectivity index (χ3n) is 9.80. The van der Waals surface area contributed by atoms with Gasteiger partial charge >= 0.3 is 17.2 Å². The summed E-state index contributed by atoms with van der Waals surface area (Å²) < 4.78 is 48.8. The van der Waals surface area contributed by atoms with Gasteiger partial charge in [-0.25, -0.2) is 10.1 Å². The van der Waals surface area contributed by atoms with E-state index in [1.165, 1.54) is 0 Å². The summed E-state index contributed by atoms with van der Waals surface area (Å²) in [6.07, 6.45) is 8.55. The molecule has 8 aliphatic rings. The van der Waals surface area contributed by atoms with Crippen LogP contribution in [-0.4, -0.2) is 57.6 Å². The van der Waals surface area contributed by atoms with Gasteiger partial charge in [0.2, 0.25) is 0 Å². The van der Waals surface area contributed by atoms with Gasteiger partial charge in [-0.05, 0) is 94.3 Å². The van der Waals surface area contributed by atoms with Crippen LogP contribution in [0.25, 0.3) is 0 Å². The summed E-state index contributed by atoms with van der Waals surface area (Å²) >= 11 is -0.444. The summed E-state index contributed by atoms with van der Waals surface area (Å²) in [5.41, 5.74) is -2.95. The van der Waals surface area contributed by atoms with Gasteiger partial charge in [0, 0.05) is 6.42 Å². The van der Waals surface area contributed by atoms with Crippen molar-refractivity contribution in [3.05, 3.63) is 0 Å². The summed E-state index contributed by atoms with van der Waals surface area (Å²) in [6.45, 7) is -1.44. The van der Waals surface area contributed by atoms with E-state index in [1.807, 2.05) is 0 Å². The van der Waals surface area contributed by atoms with Gasteiger partial charge in [-0.2, -0.15) is 8.78 Å². The largest absolute Gasteiger partial charge is 0.458 e. The lowest BCUT2D eigenvalue weighted by Gasteiger charge is -2.60. The maximum atomic E-state index is 13.8. The van der Waals surface area contributed by atoms with E-state index in [1.54, 1.807) is 0 Å². The number of carbonyl (C=O) groups is 2. The smallest absolute Gasteiger partial charge is 0.354 e. The maximum absolute atomic E-state index is 13.8. The van der Waals surface area contributed by atoms with E-state index in [4.69, 9.17) is 19.5 Å². The second-order valence-corrected chi connectivity index (χ2v) is 13.9. The van der Waals surface area contributed by atoms with Crippen molar-refractivity contribution in [1.82, 2.24) is 0 Å². The minimum Gasteiger partial charge on any atom is -0.458 e. The van der Waals surface area contributed by atoms with Crippen molar-refractivity contribution in [3.8, 4) is 0 Å². The summed E-state index contributed by atoms with van der Waals surface area (Å²) in [5, 5.41) is 18.6. The summed E-state index contributed by atoms with van der Waals surface area (Å²) in [6, 6.07) is 0. The molecule has 0 heterocycles. The zero-order valence-electron chi connectivity index (χ0n) is 20.6. The average Bonchev–Trinajstić information content (AvgIpc) is 2.77. The molecular formula is C25H34F2O9S. The van der Waals surface area contributed by atoms with E-state index >= 15 is 0 Å². The SMILES string of the molecule is O=C(COC12CC3CC(C1)CC(C(=O)OCC(F)(F)SOOO)(C3)C2)OC12CC3CC(CC(O)(C3)C1)C2. The lowest BCUT2D eigenvalue weighted by Crippen LogP contribution is -2.61. The maximum Gasteiger partial charge on any atom is 0.354 e. The molecule has 4 atom stereocenters. The van der Waals surface area contributed by atoms with E-state index < -0.39 is 58.1 Å². The predicted molar refractivity (Wildman–Crippen MR) is 123 cm³/mol. The Labute approximate surface area is 217 Å². The van der Waals surface area contributed by atoms with Gasteiger partial charge in [0.1, 0.15) is 24.3 Å². The predicted octanol–water partition coefficient (Wildman–Crippen LogP) is 4.17. The fourth-order valence-corrected chi connectivity index (χ4v) is 9.95. The number of esters is 2. The number of hydrogen-bond acceptors (Lipinski definition) is 10. The second-order valence-electron chi connectivity index (χ2n) is 13.0. The highest BCUT2D eigenvalue weighted by atomic mass is 32.2. The van der Waals surface area contributed by atoms with Crippen LogP contribution in [0.2, 0.25) is 0 Å². The van der Waals surface area contributed by atoms with Gasteiger partial charge in [-0.3, -0.25) is 4.79 Å². The Balaban J connectivity index is 1.08. The number of halogens is 2. The minimum absolute atomic E-state index is 0.197. The van der Waals surface area contributed by atoms with Crippen molar-refractivity contribution in [2.24, 2.45) is 29.1 Å². The fourth-order valence-electron chi connectivity index (χ4n) is 9.71. The number of ether oxygens (including phenoxy) is 3. The quantitative estimate of drug-likeness (QED) is 0.178. The first kappa shape index (κ1) is 26.2. The molecule has 8 fully saturated rings. The fraction of sp³-hybridized carbons (Fsp3) is 0.920. The Morgan fingerprint density at radius 3 is 2.08 bits per heavy atom. The Kier molecular flexibility index (Phi) is 6.36. The van der Waals surface area contributed by atoms with Gasteiger partial charge in [-0.15, -0.1) is 4.33 Å². The minimum atomic E-state index is -3.59. The van der Waals surface area contributed by atoms with Crippen LogP contribution in [0, 0.1) is 29.1 Å². The molecule has 12 heteroatoms. The highest BCUT2D eigenvalue weighted by Gasteiger charge is 2.63. The van der Waals surface area contributed by atoms with Crippen molar-refractivity contribution in [2.75, 3.05) is 13.2 Å². The third kappa shape index (κ3) is 5.02. The van der Waals surface area contributed by atoms with Crippen LogP contribution in [-0.2, 0) is 33.2 Å². The summed E-state index contributed by atoms with van der Waals surface area (Å²) in [5.74, 6) is 0.0429.